The van der Waals surface area contributed by atoms with Crippen LogP contribution in [-0.4, -0.2) is 25.1 Å². The minimum Gasteiger partial charge on any atom is -0.405 e. The summed E-state index contributed by atoms with van der Waals surface area (Å²) in [5.74, 6) is -0.302. The van der Waals surface area contributed by atoms with Crippen LogP contribution in [-0.2, 0) is 0 Å². The lowest BCUT2D eigenvalue weighted by Gasteiger charge is -2.18. The monoisotopic (exact) mass is 235 g/mol. The zero-order valence-electron chi connectivity index (χ0n) is 8.58. The van der Waals surface area contributed by atoms with Gasteiger partial charge in [0.15, 0.2) is 0 Å². The molecule has 0 aliphatic heterocycles. The maximum atomic E-state index is 12.1. The first kappa shape index (κ1) is 12.8. The molecule has 0 amide bonds. The Morgan fingerprint density at radius 3 is 2.50 bits per heavy atom. The lowest BCUT2D eigenvalue weighted by Crippen LogP contribution is -2.23. The van der Waals surface area contributed by atoms with Crippen LogP contribution in [0.2, 0.25) is 0 Å². The second kappa shape index (κ2) is 5.18. The van der Waals surface area contributed by atoms with Crippen LogP contribution in [0.3, 0.4) is 0 Å². The molecule has 0 heterocycles. The molecule has 0 unspecified atom stereocenters. The fourth-order valence-electron chi connectivity index (χ4n) is 1.33. The maximum absolute atomic E-state index is 12.1. The second-order valence-corrected chi connectivity index (χ2v) is 3.11. The zero-order chi connectivity index (χ0) is 12.2. The van der Waals surface area contributed by atoms with Crippen molar-refractivity contribution in [2.75, 3.05) is 13.7 Å². The third-order valence-electron chi connectivity index (χ3n) is 2.05. The largest absolute Gasteiger partial charge is 0.573 e. The molecular formula is C10H12F3NO2. The quantitative estimate of drug-likeness (QED) is 0.836. The highest BCUT2D eigenvalue weighted by Gasteiger charge is 2.32. The van der Waals surface area contributed by atoms with E-state index in [4.69, 9.17) is 5.11 Å². The standard InChI is InChI=1S/C10H12F3NO2/c1-14-8(6-15)7-4-2-3-5-9(7)16-10(11,12)13/h2-5,8,14-15H,6H2,1H3/t8-/m0/s1. The Bertz CT molecular complexity index is 337. The van der Waals surface area contributed by atoms with Gasteiger partial charge in [-0.2, -0.15) is 0 Å². The fraction of sp³-hybridized carbons (Fsp3) is 0.400. The Labute approximate surface area is 90.8 Å². The van der Waals surface area contributed by atoms with Crippen molar-refractivity contribution < 1.29 is 23.0 Å². The van der Waals surface area contributed by atoms with Crippen molar-refractivity contribution in [3.05, 3.63) is 29.8 Å². The normalized spacial score (nSPS) is 13.6. The Balaban J connectivity index is 3.00. The van der Waals surface area contributed by atoms with E-state index in [2.05, 4.69) is 10.1 Å². The van der Waals surface area contributed by atoms with Crippen molar-refractivity contribution in [2.24, 2.45) is 0 Å². The lowest BCUT2D eigenvalue weighted by molar-refractivity contribution is -0.275. The highest BCUT2D eigenvalue weighted by atomic mass is 19.4. The summed E-state index contributed by atoms with van der Waals surface area (Å²) in [4.78, 5) is 0. The van der Waals surface area contributed by atoms with E-state index in [1.165, 1.54) is 18.2 Å². The summed E-state index contributed by atoms with van der Waals surface area (Å²) in [6.45, 7) is -0.311. The Hall–Kier alpha value is -1.27. The molecule has 0 spiro atoms. The smallest absolute Gasteiger partial charge is 0.405 e. The maximum Gasteiger partial charge on any atom is 0.573 e. The van der Waals surface area contributed by atoms with Gasteiger partial charge in [-0.05, 0) is 13.1 Å². The lowest BCUT2D eigenvalue weighted by atomic mass is 10.1. The molecule has 1 rings (SSSR count). The highest BCUT2D eigenvalue weighted by molar-refractivity contribution is 5.36. The zero-order valence-corrected chi connectivity index (χ0v) is 8.58. The molecule has 1 atom stereocenters. The summed E-state index contributed by atoms with van der Waals surface area (Å²) >= 11 is 0. The van der Waals surface area contributed by atoms with Gasteiger partial charge in [-0.1, -0.05) is 18.2 Å². The van der Waals surface area contributed by atoms with E-state index in [1.54, 1.807) is 13.1 Å². The Morgan fingerprint density at radius 1 is 1.38 bits per heavy atom. The number of halogens is 3. The molecule has 0 bridgehead atoms. The van der Waals surface area contributed by atoms with Crippen LogP contribution in [0.4, 0.5) is 13.2 Å². The van der Waals surface area contributed by atoms with E-state index in [0.717, 1.165) is 0 Å². The van der Waals surface area contributed by atoms with E-state index in [9.17, 15) is 13.2 Å². The predicted molar refractivity (Wildman–Crippen MR) is 52.0 cm³/mol. The fourth-order valence-corrected chi connectivity index (χ4v) is 1.33. The molecule has 3 nitrogen and oxygen atoms in total. The number of aliphatic hydroxyl groups is 1. The molecule has 0 aliphatic rings. The van der Waals surface area contributed by atoms with Gasteiger partial charge in [0.2, 0.25) is 0 Å². The topological polar surface area (TPSA) is 41.5 Å². The number of nitrogens with one attached hydrogen (secondary N) is 1. The van der Waals surface area contributed by atoms with Crippen molar-refractivity contribution in [2.45, 2.75) is 12.4 Å². The summed E-state index contributed by atoms with van der Waals surface area (Å²) in [5.41, 5.74) is 0.268. The van der Waals surface area contributed by atoms with E-state index in [-0.39, 0.29) is 17.9 Å². The molecule has 90 valence electrons. The number of ether oxygens (including phenoxy) is 1. The summed E-state index contributed by atoms with van der Waals surface area (Å²) in [6, 6.07) is 5.12. The van der Waals surface area contributed by atoms with Crippen LogP contribution >= 0.6 is 0 Å². The van der Waals surface area contributed by atoms with Crippen molar-refractivity contribution in [3.63, 3.8) is 0 Å². The summed E-state index contributed by atoms with van der Waals surface area (Å²) < 4.78 is 40.1. The second-order valence-electron chi connectivity index (χ2n) is 3.11. The number of hydrogen-bond donors (Lipinski definition) is 2. The first-order valence-electron chi connectivity index (χ1n) is 4.60. The first-order valence-corrected chi connectivity index (χ1v) is 4.60. The van der Waals surface area contributed by atoms with Gasteiger partial charge in [0.1, 0.15) is 5.75 Å². The van der Waals surface area contributed by atoms with E-state index in [0.29, 0.717) is 0 Å². The molecule has 0 aliphatic carbocycles. The van der Waals surface area contributed by atoms with E-state index in [1.807, 2.05) is 0 Å². The molecule has 0 saturated carbocycles. The summed E-state index contributed by atoms with van der Waals surface area (Å²) in [5, 5.41) is 11.7. The molecule has 0 fully saturated rings. The van der Waals surface area contributed by atoms with Crippen molar-refractivity contribution in [1.29, 1.82) is 0 Å². The summed E-state index contributed by atoms with van der Waals surface area (Å²) in [7, 11) is 1.55. The van der Waals surface area contributed by atoms with Gasteiger partial charge in [-0.25, -0.2) is 0 Å². The third-order valence-corrected chi connectivity index (χ3v) is 2.05. The van der Waals surface area contributed by atoms with Crippen LogP contribution in [0.15, 0.2) is 24.3 Å². The van der Waals surface area contributed by atoms with Crippen molar-refractivity contribution in [3.8, 4) is 5.75 Å². The molecule has 1 aromatic rings. The number of likely N-dealkylation sites (N-methyl/N-ethyl adjacent to an activating group) is 1. The number of benzene rings is 1. The minimum atomic E-state index is -4.73. The molecule has 1 aromatic carbocycles. The van der Waals surface area contributed by atoms with E-state index < -0.39 is 12.4 Å². The third kappa shape index (κ3) is 3.39. The number of rotatable bonds is 4. The molecule has 0 radical (unpaired) electrons. The predicted octanol–water partition coefficient (Wildman–Crippen LogP) is 1.84. The Kier molecular flexibility index (Phi) is 4.14. The first-order chi connectivity index (χ1) is 7.48. The molecule has 6 heteroatoms. The summed E-state index contributed by atoms with van der Waals surface area (Å²) in [6.07, 6.45) is -4.73. The van der Waals surface area contributed by atoms with Gasteiger partial charge >= 0.3 is 6.36 Å². The average molecular weight is 235 g/mol. The van der Waals surface area contributed by atoms with Gasteiger partial charge in [0, 0.05) is 5.56 Å². The van der Waals surface area contributed by atoms with Crippen LogP contribution in [0.5, 0.6) is 5.75 Å². The number of aliphatic hydroxyl groups excluding tert-OH is 1. The van der Waals surface area contributed by atoms with Gasteiger partial charge in [-0.3, -0.25) is 0 Å². The van der Waals surface area contributed by atoms with Crippen LogP contribution in [0.25, 0.3) is 0 Å². The van der Waals surface area contributed by atoms with Crippen LogP contribution < -0.4 is 10.1 Å². The minimum absolute atomic E-state index is 0.268. The molecule has 0 aromatic heterocycles. The molecule has 2 N–H and O–H groups in total. The molecular weight excluding hydrogens is 223 g/mol. The van der Waals surface area contributed by atoms with Crippen molar-refractivity contribution in [1.82, 2.24) is 5.32 Å². The number of hydrogen-bond acceptors (Lipinski definition) is 3. The van der Waals surface area contributed by atoms with E-state index >= 15 is 0 Å². The van der Waals surface area contributed by atoms with Gasteiger partial charge < -0.3 is 15.2 Å². The molecule has 0 saturated heterocycles. The van der Waals surface area contributed by atoms with Crippen molar-refractivity contribution >= 4 is 0 Å². The molecule has 16 heavy (non-hydrogen) atoms. The SMILES string of the molecule is CN[C@@H](CO)c1ccccc1OC(F)(F)F. The number of para-hydroxylation sites is 1. The van der Waals surface area contributed by atoms with Gasteiger partial charge in [0.05, 0.1) is 12.6 Å². The Morgan fingerprint density at radius 2 is 2.00 bits per heavy atom. The number of alkyl halides is 3. The van der Waals surface area contributed by atoms with Gasteiger partial charge in [-0.15, -0.1) is 13.2 Å². The van der Waals surface area contributed by atoms with Gasteiger partial charge in [0.25, 0.3) is 0 Å². The average Bonchev–Trinajstić information content (AvgIpc) is 2.20. The highest BCUT2D eigenvalue weighted by Crippen LogP contribution is 2.29. The van der Waals surface area contributed by atoms with Crippen LogP contribution in [0.1, 0.15) is 11.6 Å². The van der Waals surface area contributed by atoms with Crippen LogP contribution in [0, 0.1) is 0 Å².